The molecule has 2 rings (SSSR count). The minimum atomic E-state index is -1.08. The average Bonchev–Trinajstić information content (AvgIpc) is 2.45. The molecule has 0 saturated carbocycles. The summed E-state index contributed by atoms with van der Waals surface area (Å²) in [5.41, 5.74) is 1.24. The second-order valence-electron chi connectivity index (χ2n) is 4.07. The van der Waals surface area contributed by atoms with Gasteiger partial charge in [-0.2, -0.15) is 0 Å². The number of carboxylic acids is 1. The zero-order valence-corrected chi connectivity index (χ0v) is 11.8. The number of hydrogen-bond acceptors (Lipinski definition) is 3. The van der Waals surface area contributed by atoms with Crippen LogP contribution in [0.25, 0.3) is 11.1 Å². The minimum Gasteiger partial charge on any atom is -0.497 e. The van der Waals surface area contributed by atoms with Gasteiger partial charge in [0, 0.05) is 6.07 Å². The molecule has 0 saturated heterocycles. The highest BCUT2D eigenvalue weighted by Crippen LogP contribution is 2.34. The summed E-state index contributed by atoms with van der Waals surface area (Å²) in [5.74, 6) is 0.0821. The van der Waals surface area contributed by atoms with Crippen LogP contribution in [0.15, 0.2) is 36.4 Å². The van der Waals surface area contributed by atoms with Crippen LogP contribution in [-0.2, 0) is 0 Å². The molecular weight excluding hydrogens is 280 g/mol. The maximum atomic E-state index is 11.4. The van der Waals surface area contributed by atoms with E-state index in [2.05, 4.69) is 0 Å². The van der Waals surface area contributed by atoms with Gasteiger partial charge >= 0.3 is 5.97 Å². The molecule has 0 unspecified atom stereocenters. The van der Waals surface area contributed by atoms with Crippen LogP contribution in [0.2, 0.25) is 5.02 Å². The van der Waals surface area contributed by atoms with Gasteiger partial charge in [-0.3, -0.25) is 0 Å². The summed E-state index contributed by atoms with van der Waals surface area (Å²) in [5, 5.41) is 9.51. The minimum absolute atomic E-state index is 0.0597. The number of halogens is 1. The van der Waals surface area contributed by atoms with Crippen LogP contribution in [0.5, 0.6) is 11.5 Å². The molecule has 0 aliphatic rings. The fourth-order valence-electron chi connectivity index (χ4n) is 1.94. The Morgan fingerprint density at radius 3 is 2.20 bits per heavy atom. The highest BCUT2D eigenvalue weighted by molar-refractivity contribution is 6.34. The molecule has 4 nitrogen and oxygen atoms in total. The highest BCUT2D eigenvalue weighted by atomic mass is 35.5. The van der Waals surface area contributed by atoms with Gasteiger partial charge in [-0.1, -0.05) is 23.7 Å². The van der Waals surface area contributed by atoms with Gasteiger partial charge in [-0.05, 0) is 29.3 Å². The maximum Gasteiger partial charge on any atom is 0.337 e. The summed E-state index contributed by atoms with van der Waals surface area (Å²) < 4.78 is 10.4. The van der Waals surface area contributed by atoms with E-state index in [1.54, 1.807) is 36.4 Å². The van der Waals surface area contributed by atoms with Crippen molar-refractivity contribution in [3.05, 3.63) is 47.0 Å². The van der Waals surface area contributed by atoms with Crippen molar-refractivity contribution in [3.63, 3.8) is 0 Å². The van der Waals surface area contributed by atoms with E-state index in [9.17, 15) is 9.90 Å². The lowest BCUT2D eigenvalue weighted by Gasteiger charge is -2.11. The fraction of sp³-hybridized carbons (Fsp3) is 0.133. The Hall–Kier alpha value is -2.20. The van der Waals surface area contributed by atoms with Crippen molar-refractivity contribution < 1.29 is 19.4 Å². The van der Waals surface area contributed by atoms with Gasteiger partial charge in [0.1, 0.15) is 11.5 Å². The molecule has 0 bridgehead atoms. The van der Waals surface area contributed by atoms with Crippen LogP contribution in [-0.4, -0.2) is 25.3 Å². The van der Waals surface area contributed by atoms with Crippen LogP contribution in [0, 0.1) is 0 Å². The molecule has 0 fully saturated rings. The predicted octanol–water partition coefficient (Wildman–Crippen LogP) is 3.72. The molecule has 0 atom stereocenters. The van der Waals surface area contributed by atoms with E-state index < -0.39 is 5.97 Å². The van der Waals surface area contributed by atoms with Crippen LogP contribution in [0.3, 0.4) is 0 Å². The molecule has 0 spiro atoms. The van der Waals surface area contributed by atoms with E-state index in [4.69, 9.17) is 21.1 Å². The third-order valence-electron chi connectivity index (χ3n) is 2.89. The molecule has 0 aromatic heterocycles. The predicted molar refractivity (Wildman–Crippen MR) is 77.0 cm³/mol. The molecule has 0 heterocycles. The second-order valence-corrected chi connectivity index (χ2v) is 4.48. The summed E-state index contributed by atoms with van der Waals surface area (Å²) in [7, 11) is 3.07. The first-order chi connectivity index (χ1) is 9.56. The normalized spacial score (nSPS) is 10.2. The van der Waals surface area contributed by atoms with Crippen molar-refractivity contribution >= 4 is 17.6 Å². The Kier molecular flexibility index (Phi) is 4.15. The van der Waals surface area contributed by atoms with Gasteiger partial charge in [0.05, 0.1) is 24.8 Å². The fourth-order valence-corrected chi connectivity index (χ4v) is 2.20. The molecule has 2 aromatic carbocycles. The molecule has 2 aromatic rings. The number of rotatable bonds is 4. The van der Waals surface area contributed by atoms with Crippen molar-refractivity contribution in [1.82, 2.24) is 0 Å². The highest BCUT2D eigenvalue weighted by Gasteiger charge is 2.16. The van der Waals surface area contributed by atoms with Crippen LogP contribution in [0.1, 0.15) is 10.4 Å². The number of aromatic carboxylic acids is 1. The van der Waals surface area contributed by atoms with Gasteiger partial charge in [0.15, 0.2) is 0 Å². The topological polar surface area (TPSA) is 55.8 Å². The molecule has 5 heteroatoms. The molecule has 20 heavy (non-hydrogen) atoms. The molecule has 104 valence electrons. The number of hydrogen-bond donors (Lipinski definition) is 1. The number of ether oxygens (including phenoxy) is 2. The third-order valence-corrected chi connectivity index (χ3v) is 3.20. The largest absolute Gasteiger partial charge is 0.497 e. The molecule has 0 radical (unpaired) electrons. The summed E-state index contributed by atoms with van der Waals surface area (Å²) in [4.78, 5) is 11.4. The molecule has 1 N–H and O–H groups in total. The molecule has 0 amide bonds. The summed E-state index contributed by atoms with van der Waals surface area (Å²) in [6, 6.07) is 10.1. The zero-order valence-electron chi connectivity index (χ0n) is 11.0. The number of benzene rings is 2. The Morgan fingerprint density at radius 2 is 1.70 bits per heavy atom. The molecular formula is C15H13ClO4. The maximum absolute atomic E-state index is 11.4. The smallest absolute Gasteiger partial charge is 0.337 e. The first kappa shape index (κ1) is 14.2. The van der Waals surface area contributed by atoms with E-state index >= 15 is 0 Å². The third kappa shape index (κ3) is 2.70. The molecule has 0 aliphatic heterocycles. The Balaban J connectivity index is 2.68. The quantitative estimate of drug-likeness (QED) is 0.933. The standard InChI is InChI=1S/C15H13ClO4/c1-19-10-6-9(7-11(8-10)20-2)12-4-3-5-13(16)14(12)15(17)18/h3-8H,1-2H3,(H,17,18). The summed E-state index contributed by atoms with van der Waals surface area (Å²) in [6.45, 7) is 0. The van der Waals surface area contributed by atoms with Crippen molar-refractivity contribution in [2.24, 2.45) is 0 Å². The van der Waals surface area contributed by atoms with Gasteiger partial charge < -0.3 is 14.6 Å². The lowest BCUT2D eigenvalue weighted by molar-refractivity contribution is 0.0698. The summed E-state index contributed by atoms with van der Waals surface area (Å²) >= 11 is 5.98. The van der Waals surface area contributed by atoms with Crippen molar-refractivity contribution in [3.8, 4) is 22.6 Å². The number of carbonyl (C=O) groups is 1. The number of carboxylic acid groups (broad SMARTS) is 1. The van der Waals surface area contributed by atoms with Gasteiger partial charge in [0.25, 0.3) is 0 Å². The van der Waals surface area contributed by atoms with Gasteiger partial charge in [0.2, 0.25) is 0 Å². The second kappa shape index (κ2) is 5.84. The number of methoxy groups -OCH3 is 2. The molecule has 0 aliphatic carbocycles. The van der Waals surface area contributed by atoms with E-state index in [1.807, 2.05) is 0 Å². The van der Waals surface area contributed by atoms with Gasteiger partial charge in [-0.15, -0.1) is 0 Å². The van der Waals surface area contributed by atoms with E-state index in [-0.39, 0.29) is 10.6 Å². The Bertz CT molecular complexity index is 630. The van der Waals surface area contributed by atoms with Crippen LogP contribution < -0.4 is 9.47 Å². The first-order valence-corrected chi connectivity index (χ1v) is 6.20. The van der Waals surface area contributed by atoms with Crippen molar-refractivity contribution in [2.75, 3.05) is 14.2 Å². The SMILES string of the molecule is COc1cc(OC)cc(-c2cccc(Cl)c2C(=O)O)c1. The monoisotopic (exact) mass is 292 g/mol. The van der Waals surface area contributed by atoms with E-state index in [0.717, 1.165) is 0 Å². The first-order valence-electron chi connectivity index (χ1n) is 5.82. The lowest BCUT2D eigenvalue weighted by atomic mass is 9.99. The Labute approximate surface area is 121 Å². The summed E-state index contributed by atoms with van der Waals surface area (Å²) in [6.07, 6.45) is 0. The van der Waals surface area contributed by atoms with Crippen LogP contribution in [0.4, 0.5) is 0 Å². The van der Waals surface area contributed by atoms with E-state index in [1.165, 1.54) is 14.2 Å². The van der Waals surface area contributed by atoms with Crippen molar-refractivity contribution in [1.29, 1.82) is 0 Å². The zero-order chi connectivity index (χ0) is 14.7. The average molecular weight is 293 g/mol. The Morgan fingerprint density at radius 1 is 1.10 bits per heavy atom. The van der Waals surface area contributed by atoms with Crippen molar-refractivity contribution in [2.45, 2.75) is 0 Å². The van der Waals surface area contributed by atoms with Crippen LogP contribution >= 0.6 is 11.6 Å². The van der Waals surface area contributed by atoms with Gasteiger partial charge in [-0.25, -0.2) is 4.79 Å². The van der Waals surface area contributed by atoms with E-state index in [0.29, 0.717) is 22.6 Å². The lowest BCUT2D eigenvalue weighted by Crippen LogP contribution is -2.01.